The standard InChI is InChI=1S/C30H64OSi/c1-6-30(2)28-26-24-22-20-18-16-14-12-10-8-7-9-11-13-15-17-19-21-23-25-27-29-31-32(3,4)5/h30H,6-29H2,1-5H3. The van der Waals surface area contributed by atoms with E-state index >= 15 is 0 Å². The van der Waals surface area contributed by atoms with Gasteiger partial charge in [-0.05, 0) is 32.0 Å². The predicted molar refractivity (Wildman–Crippen MR) is 150 cm³/mol. The first-order valence-electron chi connectivity index (χ1n) is 15.1. The van der Waals surface area contributed by atoms with Gasteiger partial charge in [0.15, 0.2) is 8.32 Å². The van der Waals surface area contributed by atoms with E-state index in [0.717, 1.165) is 12.5 Å². The molecular weight excluding hydrogens is 404 g/mol. The molecule has 0 aromatic rings. The Bertz CT molecular complexity index is 349. The summed E-state index contributed by atoms with van der Waals surface area (Å²) in [5, 5.41) is 0. The summed E-state index contributed by atoms with van der Waals surface area (Å²) in [6.45, 7) is 12.6. The molecule has 0 heterocycles. The average Bonchev–Trinajstić information content (AvgIpc) is 2.75. The Morgan fingerprint density at radius 2 is 0.750 bits per heavy atom. The van der Waals surface area contributed by atoms with E-state index < -0.39 is 8.32 Å². The topological polar surface area (TPSA) is 9.23 Å². The van der Waals surface area contributed by atoms with Gasteiger partial charge in [-0.25, -0.2) is 0 Å². The lowest BCUT2D eigenvalue weighted by Gasteiger charge is -2.16. The van der Waals surface area contributed by atoms with Crippen LogP contribution in [0, 0.1) is 5.92 Å². The van der Waals surface area contributed by atoms with Crippen molar-refractivity contribution in [1.29, 1.82) is 0 Å². The van der Waals surface area contributed by atoms with Gasteiger partial charge in [0.1, 0.15) is 0 Å². The van der Waals surface area contributed by atoms with Crippen molar-refractivity contribution >= 4 is 8.32 Å². The largest absolute Gasteiger partial charge is 0.418 e. The third-order valence-electron chi connectivity index (χ3n) is 7.07. The minimum atomic E-state index is -1.28. The first kappa shape index (κ1) is 32.2. The Balaban J connectivity index is 3.05. The highest BCUT2D eigenvalue weighted by Crippen LogP contribution is 2.17. The van der Waals surface area contributed by atoms with Crippen LogP contribution in [0.5, 0.6) is 0 Å². The van der Waals surface area contributed by atoms with E-state index in [9.17, 15) is 0 Å². The number of hydrogen-bond acceptors (Lipinski definition) is 1. The van der Waals surface area contributed by atoms with Crippen molar-refractivity contribution < 1.29 is 4.43 Å². The molecule has 0 saturated carbocycles. The van der Waals surface area contributed by atoms with Gasteiger partial charge in [0, 0.05) is 6.61 Å². The smallest absolute Gasteiger partial charge is 0.183 e. The zero-order valence-corrected chi connectivity index (χ0v) is 24.5. The fourth-order valence-corrected chi connectivity index (χ4v) is 5.29. The molecular formula is C30H64OSi. The van der Waals surface area contributed by atoms with Crippen molar-refractivity contribution in [2.75, 3.05) is 6.61 Å². The van der Waals surface area contributed by atoms with Crippen LogP contribution < -0.4 is 0 Å². The van der Waals surface area contributed by atoms with E-state index in [2.05, 4.69) is 33.5 Å². The molecule has 0 saturated heterocycles. The lowest BCUT2D eigenvalue weighted by atomic mass is 9.99. The first-order valence-corrected chi connectivity index (χ1v) is 18.5. The van der Waals surface area contributed by atoms with E-state index in [1.54, 1.807) is 0 Å². The molecule has 0 amide bonds. The second-order valence-corrected chi connectivity index (χ2v) is 16.2. The van der Waals surface area contributed by atoms with Crippen molar-refractivity contribution in [2.24, 2.45) is 5.92 Å². The molecule has 194 valence electrons. The Labute approximate surface area is 206 Å². The molecule has 2 heteroatoms. The van der Waals surface area contributed by atoms with Gasteiger partial charge < -0.3 is 4.43 Å². The van der Waals surface area contributed by atoms with E-state index in [1.165, 1.54) is 148 Å². The zero-order valence-electron chi connectivity index (χ0n) is 23.5. The molecule has 0 spiro atoms. The van der Waals surface area contributed by atoms with E-state index in [4.69, 9.17) is 4.43 Å². The summed E-state index contributed by atoms with van der Waals surface area (Å²) >= 11 is 0. The molecule has 32 heavy (non-hydrogen) atoms. The minimum absolute atomic E-state index is 0.945. The lowest BCUT2D eigenvalue weighted by molar-refractivity contribution is 0.298. The Morgan fingerprint density at radius 1 is 0.469 bits per heavy atom. The minimum Gasteiger partial charge on any atom is -0.418 e. The van der Waals surface area contributed by atoms with Gasteiger partial charge in [-0.3, -0.25) is 0 Å². The van der Waals surface area contributed by atoms with Crippen LogP contribution >= 0.6 is 0 Å². The summed E-state index contributed by atoms with van der Waals surface area (Å²) in [5.41, 5.74) is 0. The van der Waals surface area contributed by atoms with Gasteiger partial charge in [0.25, 0.3) is 0 Å². The molecule has 0 aliphatic rings. The highest BCUT2D eigenvalue weighted by molar-refractivity contribution is 6.69. The molecule has 1 atom stereocenters. The quantitative estimate of drug-likeness (QED) is 0.0905. The molecule has 0 aliphatic carbocycles. The number of rotatable bonds is 26. The second-order valence-electron chi connectivity index (χ2n) is 11.7. The Hall–Kier alpha value is 0.177. The third kappa shape index (κ3) is 28.2. The SMILES string of the molecule is CCC(C)CCCCCCCCCCCCCCCCCCCCCCCO[Si](C)(C)C. The summed E-state index contributed by atoms with van der Waals surface area (Å²) in [7, 11) is -1.28. The normalized spacial score (nSPS) is 13.0. The van der Waals surface area contributed by atoms with Crippen molar-refractivity contribution in [1.82, 2.24) is 0 Å². The van der Waals surface area contributed by atoms with Crippen LogP contribution in [-0.4, -0.2) is 14.9 Å². The third-order valence-corrected chi connectivity index (χ3v) is 8.14. The fraction of sp³-hybridized carbons (Fsp3) is 1.00. The molecule has 0 aliphatic heterocycles. The van der Waals surface area contributed by atoms with Crippen LogP contribution in [0.1, 0.15) is 162 Å². The zero-order chi connectivity index (χ0) is 23.8. The summed E-state index contributed by atoms with van der Waals surface area (Å²) in [5.74, 6) is 0.945. The van der Waals surface area contributed by atoms with Crippen molar-refractivity contribution in [3.05, 3.63) is 0 Å². The van der Waals surface area contributed by atoms with Crippen LogP contribution in [0.2, 0.25) is 19.6 Å². The van der Waals surface area contributed by atoms with Crippen LogP contribution in [0.3, 0.4) is 0 Å². The molecule has 0 aromatic heterocycles. The molecule has 1 unspecified atom stereocenters. The molecule has 0 aromatic carbocycles. The van der Waals surface area contributed by atoms with Gasteiger partial charge in [0.2, 0.25) is 0 Å². The van der Waals surface area contributed by atoms with Gasteiger partial charge in [-0.1, -0.05) is 155 Å². The maximum atomic E-state index is 5.92. The highest BCUT2D eigenvalue weighted by Gasteiger charge is 2.12. The Morgan fingerprint density at radius 3 is 1.03 bits per heavy atom. The summed E-state index contributed by atoms with van der Waals surface area (Å²) in [6.07, 6.45) is 33.4. The van der Waals surface area contributed by atoms with E-state index in [-0.39, 0.29) is 0 Å². The Kier molecular flexibility index (Phi) is 24.4. The molecule has 0 N–H and O–H groups in total. The van der Waals surface area contributed by atoms with E-state index in [0.29, 0.717) is 0 Å². The second kappa shape index (κ2) is 24.3. The molecule has 0 rings (SSSR count). The van der Waals surface area contributed by atoms with Crippen LogP contribution in [0.25, 0.3) is 0 Å². The van der Waals surface area contributed by atoms with Crippen molar-refractivity contribution in [3.63, 3.8) is 0 Å². The highest BCUT2D eigenvalue weighted by atomic mass is 28.4. The maximum absolute atomic E-state index is 5.92. The summed E-state index contributed by atoms with van der Waals surface area (Å²) in [6, 6.07) is 0. The fourth-order valence-electron chi connectivity index (χ4n) is 4.54. The summed E-state index contributed by atoms with van der Waals surface area (Å²) < 4.78 is 5.92. The summed E-state index contributed by atoms with van der Waals surface area (Å²) in [4.78, 5) is 0. The van der Waals surface area contributed by atoms with Gasteiger partial charge in [-0.2, -0.15) is 0 Å². The van der Waals surface area contributed by atoms with Gasteiger partial charge >= 0.3 is 0 Å². The first-order chi connectivity index (χ1) is 15.5. The van der Waals surface area contributed by atoms with Gasteiger partial charge in [-0.15, -0.1) is 0 Å². The van der Waals surface area contributed by atoms with Crippen LogP contribution in [0.15, 0.2) is 0 Å². The van der Waals surface area contributed by atoms with Crippen LogP contribution in [-0.2, 0) is 4.43 Å². The molecule has 0 fully saturated rings. The average molecular weight is 469 g/mol. The van der Waals surface area contributed by atoms with E-state index in [1.807, 2.05) is 0 Å². The molecule has 0 radical (unpaired) electrons. The van der Waals surface area contributed by atoms with Crippen molar-refractivity contribution in [3.8, 4) is 0 Å². The predicted octanol–water partition coefficient (Wildman–Crippen LogP) is 11.5. The van der Waals surface area contributed by atoms with Gasteiger partial charge in [0.05, 0.1) is 0 Å². The van der Waals surface area contributed by atoms with Crippen LogP contribution in [0.4, 0.5) is 0 Å². The molecule has 1 nitrogen and oxygen atoms in total. The number of unbranched alkanes of at least 4 members (excludes halogenated alkanes) is 20. The maximum Gasteiger partial charge on any atom is 0.183 e. The van der Waals surface area contributed by atoms with Crippen molar-refractivity contribution in [2.45, 2.75) is 181 Å². The number of hydrogen-bond donors (Lipinski definition) is 0. The monoisotopic (exact) mass is 468 g/mol. The lowest BCUT2D eigenvalue weighted by Crippen LogP contribution is -2.25. The molecule has 0 bridgehead atoms.